The van der Waals surface area contributed by atoms with Gasteiger partial charge in [-0.2, -0.15) is 0 Å². The number of carbonyl (C=O) groups is 1. The smallest absolute Gasteiger partial charge is 0.373 e. The second kappa shape index (κ2) is 3.98. The number of rotatable bonds is 3. The van der Waals surface area contributed by atoms with Gasteiger partial charge < -0.3 is 9.52 Å². The summed E-state index contributed by atoms with van der Waals surface area (Å²) < 4.78 is 5.34. The molecule has 1 N–H and O–H groups in total. The lowest BCUT2D eigenvalue weighted by Gasteiger charge is -1.96. The van der Waals surface area contributed by atoms with Crippen LogP contribution in [0.25, 0.3) is 0 Å². The molecule has 0 radical (unpaired) electrons. The molecular weight excluding hydrogens is 230 g/mol. The van der Waals surface area contributed by atoms with Crippen LogP contribution >= 0.6 is 0 Å². The van der Waals surface area contributed by atoms with E-state index in [1.54, 1.807) is 6.92 Å². The predicted molar refractivity (Wildman–Crippen MR) is 64.7 cm³/mol. The topological polar surface area (TPSA) is 63.3 Å². The largest absolute Gasteiger partial charge is 0.475 e. The number of hydrogen-bond donors (Lipinski definition) is 1. The Bertz CT molecular complexity index is 588. The average molecular weight is 243 g/mol. The van der Waals surface area contributed by atoms with E-state index in [1.165, 1.54) is 5.56 Å². The monoisotopic (exact) mass is 243 g/mol. The summed E-state index contributed by atoms with van der Waals surface area (Å²) in [6.45, 7) is 1.66. The average Bonchev–Trinajstić information content (AvgIpc) is 3.07. The van der Waals surface area contributed by atoms with E-state index in [9.17, 15) is 4.79 Å². The number of aromatic carboxylic acids is 1. The minimum Gasteiger partial charge on any atom is -0.475 e. The van der Waals surface area contributed by atoms with Gasteiger partial charge in [0, 0.05) is 5.92 Å². The summed E-state index contributed by atoms with van der Waals surface area (Å²) in [6, 6.07) is 10.2. The Morgan fingerprint density at radius 1 is 1.33 bits per heavy atom. The van der Waals surface area contributed by atoms with Crippen molar-refractivity contribution in [1.29, 1.82) is 0 Å². The molecule has 2 unspecified atom stereocenters. The van der Waals surface area contributed by atoms with Gasteiger partial charge in [0.15, 0.2) is 5.89 Å². The van der Waals surface area contributed by atoms with Crippen molar-refractivity contribution in [3.63, 3.8) is 0 Å². The van der Waals surface area contributed by atoms with Gasteiger partial charge in [-0.15, -0.1) is 0 Å². The third-order valence-electron chi connectivity index (χ3n) is 3.34. The lowest BCUT2D eigenvalue weighted by Crippen LogP contribution is -1.95. The predicted octanol–water partition coefficient (Wildman–Crippen LogP) is 2.95. The Morgan fingerprint density at radius 2 is 2.06 bits per heavy atom. The van der Waals surface area contributed by atoms with Crippen LogP contribution in [0.5, 0.6) is 0 Å². The molecule has 0 spiro atoms. The third-order valence-corrected chi connectivity index (χ3v) is 3.34. The van der Waals surface area contributed by atoms with Crippen LogP contribution in [0, 0.1) is 6.92 Å². The highest BCUT2D eigenvalue weighted by Gasteiger charge is 2.43. The molecule has 18 heavy (non-hydrogen) atoms. The SMILES string of the molecule is Cc1nc(C2CC2c2ccccc2)oc1C(=O)O. The van der Waals surface area contributed by atoms with Crippen LogP contribution in [-0.2, 0) is 0 Å². The van der Waals surface area contributed by atoms with Crippen molar-refractivity contribution in [2.75, 3.05) is 0 Å². The van der Waals surface area contributed by atoms with Crippen molar-refractivity contribution in [2.24, 2.45) is 0 Å². The van der Waals surface area contributed by atoms with Crippen molar-refractivity contribution in [3.05, 3.63) is 53.2 Å². The van der Waals surface area contributed by atoms with Crippen molar-refractivity contribution in [2.45, 2.75) is 25.2 Å². The van der Waals surface area contributed by atoms with E-state index in [-0.39, 0.29) is 11.7 Å². The van der Waals surface area contributed by atoms with Crippen LogP contribution in [0.15, 0.2) is 34.7 Å². The van der Waals surface area contributed by atoms with E-state index in [4.69, 9.17) is 9.52 Å². The van der Waals surface area contributed by atoms with Gasteiger partial charge in [0.2, 0.25) is 5.76 Å². The maximum Gasteiger partial charge on any atom is 0.373 e. The summed E-state index contributed by atoms with van der Waals surface area (Å²) in [5.41, 5.74) is 1.71. The fraction of sp³-hybridized carbons (Fsp3) is 0.286. The second-order valence-electron chi connectivity index (χ2n) is 4.63. The number of benzene rings is 1. The van der Waals surface area contributed by atoms with E-state index in [0.29, 0.717) is 17.5 Å². The molecule has 92 valence electrons. The molecule has 4 nitrogen and oxygen atoms in total. The number of aryl methyl sites for hydroxylation is 1. The zero-order valence-electron chi connectivity index (χ0n) is 9.96. The van der Waals surface area contributed by atoms with Gasteiger partial charge in [0.05, 0.1) is 5.69 Å². The zero-order valence-corrected chi connectivity index (χ0v) is 9.96. The van der Waals surface area contributed by atoms with Gasteiger partial charge in [-0.3, -0.25) is 0 Å². The molecule has 1 heterocycles. The van der Waals surface area contributed by atoms with Crippen LogP contribution in [0.3, 0.4) is 0 Å². The molecule has 4 heteroatoms. The normalized spacial score (nSPS) is 21.8. The molecule has 0 saturated heterocycles. The van der Waals surface area contributed by atoms with Crippen molar-refractivity contribution in [1.82, 2.24) is 4.98 Å². The zero-order chi connectivity index (χ0) is 12.7. The summed E-state index contributed by atoms with van der Waals surface area (Å²) >= 11 is 0. The standard InChI is InChI=1S/C14H13NO3/c1-8-12(14(16)17)18-13(15-8)11-7-10(11)9-5-3-2-4-6-9/h2-6,10-11H,7H2,1H3,(H,16,17). The van der Waals surface area contributed by atoms with Crippen molar-refractivity contribution < 1.29 is 14.3 Å². The third kappa shape index (κ3) is 1.79. The van der Waals surface area contributed by atoms with Gasteiger partial charge >= 0.3 is 5.97 Å². The molecule has 2 aromatic rings. The Labute approximate surface area is 104 Å². The Morgan fingerprint density at radius 3 is 2.67 bits per heavy atom. The van der Waals surface area contributed by atoms with E-state index in [1.807, 2.05) is 18.2 Å². The summed E-state index contributed by atoms with van der Waals surface area (Å²) in [6.07, 6.45) is 0.975. The molecule has 1 saturated carbocycles. The molecule has 2 atom stereocenters. The van der Waals surface area contributed by atoms with E-state index in [0.717, 1.165) is 6.42 Å². The fourth-order valence-electron chi connectivity index (χ4n) is 2.31. The minimum absolute atomic E-state index is 0.0382. The van der Waals surface area contributed by atoms with Gasteiger partial charge in [-0.25, -0.2) is 9.78 Å². The lowest BCUT2D eigenvalue weighted by atomic mass is 10.1. The molecule has 0 amide bonds. The van der Waals surface area contributed by atoms with Crippen LogP contribution in [-0.4, -0.2) is 16.1 Å². The number of carboxylic acid groups (broad SMARTS) is 1. The van der Waals surface area contributed by atoms with Crippen molar-refractivity contribution >= 4 is 5.97 Å². The number of hydrogen-bond acceptors (Lipinski definition) is 3. The first-order valence-corrected chi connectivity index (χ1v) is 5.92. The highest BCUT2D eigenvalue weighted by Crippen LogP contribution is 2.54. The molecule has 1 aromatic carbocycles. The maximum atomic E-state index is 10.9. The number of nitrogens with zero attached hydrogens (tertiary/aromatic N) is 1. The molecule has 3 rings (SSSR count). The first-order chi connectivity index (χ1) is 8.66. The molecular formula is C14H13NO3. The number of oxazole rings is 1. The molecule has 1 fully saturated rings. The van der Waals surface area contributed by atoms with E-state index < -0.39 is 5.97 Å². The minimum atomic E-state index is -1.05. The Kier molecular flexibility index (Phi) is 2.44. The molecule has 1 aromatic heterocycles. The summed E-state index contributed by atoms with van der Waals surface area (Å²) in [4.78, 5) is 15.1. The number of carboxylic acids is 1. The summed E-state index contributed by atoms with van der Waals surface area (Å²) in [5, 5.41) is 8.93. The highest BCUT2D eigenvalue weighted by atomic mass is 16.4. The van der Waals surface area contributed by atoms with Crippen LogP contribution in [0.4, 0.5) is 0 Å². The van der Waals surface area contributed by atoms with E-state index in [2.05, 4.69) is 17.1 Å². The van der Waals surface area contributed by atoms with Crippen LogP contribution < -0.4 is 0 Å². The number of aromatic nitrogens is 1. The first-order valence-electron chi connectivity index (χ1n) is 5.92. The van der Waals surface area contributed by atoms with Crippen molar-refractivity contribution in [3.8, 4) is 0 Å². The molecule has 1 aliphatic rings. The maximum absolute atomic E-state index is 10.9. The fourth-order valence-corrected chi connectivity index (χ4v) is 2.31. The van der Waals surface area contributed by atoms with Gasteiger partial charge in [0.25, 0.3) is 0 Å². The van der Waals surface area contributed by atoms with Crippen LogP contribution in [0.2, 0.25) is 0 Å². The lowest BCUT2D eigenvalue weighted by molar-refractivity contribution is 0.0659. The first kappa shape index (κ1) is 11.0. The summed E-state index contributed by atoms with van der Waals surface area (Å²) in [7, 11) is 0. The Balaban J connectivity index is 1.83. The van der Waals surface area contributed by atoms with Crippen LogP contribution in [0.1, 0.15) is 46.0 Å². The van der Waals surface area contributed by atoms with Gasteiger partial charge in [0.1, 0.15) is 0 Å². The molecule has 0 bridgehead atoms. The molecule has 0 aliphatic heterocycles. The second-order valence-corrected chi connectivity index (χ2v) is 4.63. The highest BCUT2D eigenvalue weighted by molar-refractivity contribution is 5.85. The van der Waals surface area contributed by atoms with Gasteiger partial charge in [-0.05, 0) is 24.8 Å². The molecule has 1 aliphatic carbocycles. The van der Waals surface area contributed by atoms with E-state index >= 15 is 0 Å². The quantitative estimate of drug-likeness (QED) is 0.900. The Hall–Kier alpha value is -2.10. The van der Waals surface area contributed by atoms with Gasteiger partial charge in [-0.1, -0.05) is 30.3 Å². The summed E-state index contributed by atoms with van der Waals surface area (Å²) in [5.74, 6) is 0.0933.